The number of aliphatic hydroxyl groups excluding tert-OH is 1. The predicted octanol–water partition coefficient (Wildman–Crippen LogP) is -1.55. The van der Waals surface area contributed by atoms with E-state index < -0.39 is 66.4 Å². The molecule has 0 spiro atoms. The Morgan fingerprint density at radius 2 is 1.63 bits per heavy atom. The third-order valence-corrected chi connectivity index (χ3v) is 5.26. The van der Waals surface area contributed by atoms with Gasteiger partial charge in [0.1, 0.15) is 18.1 Å². The number of carbonyl (C=O) groups is 5. The van der Waals surface area contributed by atoms with Gasteiger partial charge in [0.2, 0.25) is 17.7 Å². The Morgan fingerprint density at radius 1 is 0.971 bits per heavy atom. The summed E-state index contributed by atoms with van der Waals surface area (Å²) in [5.41, 5.74) is 6.90. The molecule has 0 aliphatic heterocycles. The summed E-state index contributed by atoms with van der Waals surface area (Å²) < 4.78 is 0. The highest BCUT2D eigenvalue weighted by Gasteiger charge is 2.32. The van der Waals surface area contributed by atoms with Gasteiger partial charge in [-0.1, -0.05) is 18.2 Å². The van der Waals surface area contributed by atoms with Crippen molar-refractivity contribution >= 4 is 40.6 Å². The Hall–Kier alpha value is -3.97. The zero-order valence-corrected chi connectivity index (χ0v) is 19.1. The van der Waals surface area contributed by atoms with Crippen LogP contribution in [0.1, 0.15) is 25.8 Å². The summed E-state index contributed by atoms with van der Waals surface area (Å²) in [7, 11) is 0. The first-order valence-electron chi connectivity index (χ1n) is 10.7. The maximum absolute atomic E-state index is 12.8. The minimum absolute atomic E-state index is 0.0561. The summed E-state index contributed by atoms with van der Waals surface area (Å²) in [4.78, 5) is 62.7. The number of carboxylic acid groups (broad SMARTS) is 2. The number of nitrogens with one attached hydrogen (secondary N) is 4. The summed E-state index contributed by atoms with van der Waals surface area (Å²) in [6, 6.07) is 1.74. The maximum atomic E-state index is 12.8. The largest absolute Gasteiger partial charge is 0.481 e. The Kier molecular flexibility index (Phi) is 9.31. The van der Waals surface area contributed by atoms with E-state index >= 15 is 0 Å². The molecular formula is C22H29N5O8. The van der Waals surface area contributed by atoms with Gasteiger partial charge in [-0.2, -0.15) is 0 Å². The van der Waals surface area contributed by atoms with E-state index in [1.807, 2.05) is 12.1 Å². The summed E-state index contributed by atoms with van der Waals surface area (Å²) in [6.07, 6.45) is -0.468. The van der Waals surface area contributed by atoms with E-state index in [-0.39, 0.29) is 6.42 Å². The molecule has 0 aliphatic carbocycles. The molecule has 13 heteroatoms. The first kappa shape index (κ1) is 27.3. The lowest BCUT2D eigenvalue weighted by atomic mass is 10.0. The number of amides is 3. The highest BCUT2D eigenvalue weighted by atomic mass is 16.4. The summed E-state index contributed by atoms with van der Waals surface area (Å²) in [5.74, 6) is -5.31. The average Bonchev–Trinajstić information content (AvgIpc) is 3.18. The van der Waals surface area contributed by atoms with Crippen LogP contribution >= 0.6 is 0 Å². The van der Waals surface area contributed by atoms with Gasteiger partial charge >= 0.3 is 11.9 Å². The second kappa shape index (κ2) is 11.9. The number of aliphatic carboxylic acids is 2. The summed E-state index contributed by atoms with van der Waals surface area (Å²) >= 11 is 0. The molecule has 5 unspecified atom stereocenters. The summed E-state index contributed by atoms with van der Waals surface area (Å²) in [6.45, 7) is 2.50. The van der Waals surface area contributed by atoms with Gasteiger partial charge in [-0.05, 0) is 25.5 Å². The maximum Gasteiger partial charge on any atom is 0.326 e. The van der Waals surface area contributed by atoms with E-state index in [9.17, 15) is 34.2 Å². The van der Waals surface area contributed by atoms with Crippen LogP contribution < -0.4 is 21.7 Å². The number of para-hydroxylation sites is 1. The van der Waals surface area contributed by atoms with Crippen LogP contribution in [0, 0.1) is 0 Å². The van der Waals surface area contributed by atoms with Crippen LogP contribution in [0.2, 0.25) is 0 Å². The Balaban J connectivity index is 2.05. The van der Waals surface area contributed by atoms with Gasteiger partial charge in [-0.3, -0.25) is 19.2 Å². The molecule has 13 nitrogen and oxygen atoms in total. The normalized spacial score (nSPS) is 15.3. The fraction of sp³-hybridized carbons (Fsp3) is 0.409. The number of nitrogens with two attached hydrogens (primary N) is 1. The lowest BCUT2D eigenvalue weighted by molar-refractivity contribution is -0.143. The van der Waals surface area contributed by atoms with Gasteiger partial charge in [-0.15, -0.1) is 0 Å². The molecule has 0 fully saturated rings. The Labute approximate surface area is 200 Å². The molecule has 2 aromatic rings. The van der Waals surface area contributed by atoms with Crippen LogP contribution in [-0.4, -0.2) is 80.2 Å². The van der Waals surface area contributed by atoms with Gasteiger partial charge in [0.15, 0.2) is 0 Å². The molecule has 35 heavy (non-hydrogen) atoms. The molecule has 1 aromatic carbocycles. The van der Waals surface area contributed by atoms with Crippen molar-refractivity contribution in [3.63, 3.8) is 0 Å². The van der Waals surface area contributed by atoms with Crippen LogP contribution in [0.3, 0.4) is 0 Å². The minimum atomic E-state index is -1.53. The molecule has 2 rings (SSSR count). The van der Waals surface area contributed by atoms with Gasteiger partial charge in [0.25, 0.3) is 0 Å². The van der Waals surface area contributed by atoms with Gasteiger partial charge in [-0.25, -0.2) is 4.79 Å². The van der Waals surface area contributed by atoms with E-state index in [1.165, 1.54) is 13.8 Å². The van der Waals surface area contributed by atoms with Crippen molar-refractivity contribution in [2.75, 3.05) is 0 Å². The smallest absolute Gasteiger partial charge is 0.326 e. The zero-order valence-electron chi connectivity index (χ0n) is 19.1. The summed E-state index contributed by atoms with van der Waals surface area (Å²) in [5, 5.41) is 36.0. The molecule has 0 bridgehead atoms. The van der Waals surface area contributed by atoms with Crippen LogP contribution in [0.15, 0.2) is 30.5 Å². The number of H-pyrrole nitrogens is 1. The highest BCUT2D eigenvalue weighted by Crippen LogP contribution is 2.19. The average molecular weight is 492 g/mol. The molecular weight excluding hydrogens is 462 g/mol. The lowest BCUT2D eigenvalue weighted by Gasteiger charge is -2.25. The van der Waals surface area contributed by atoms with Crippen LogP contribution in [0.4, 0.5) is 0 Å². The fourth-order valence-electron chi connectivity index (χ4n) is 3.33. The van der Waals surface area contributed by atoms with Crippen molar-refractivity contribution < 1.29 is 39.3 Å². The molecule has 1 heterocycles. The number of carboxylic acids is 2. The second-order valence-corrected chi connectivity index (χ2v) is 8.12. The predicted molar refractivity (Wildman–Crippen MR) is 123 cm³/mol. The van der Waals surface area contributed by atoms with Crippen molar-refractivity contribution in [3.05, 3.63) is 36.0 Å². The lowest BCUT2D eigenvalue weighted by Crippen LogP contribution is -2.59. The quantitative estimate of drug-likeness (QED) is 0.172. The zero-order chi connectivity index (χ0) is 26.3. The van der Waals surface area contributed by atoms with Gasteiger partial charge in [0.05, 0.1) is 18.6 Å². The molecule has 0 saturated heterocycles. The van der Waals surface area contributed by atoms with Crippen LogP contribution in [0.5, 0.6) is 0 Å². The Morgan fingerprint density at radius 3 is 2.23 bits per heavy atom. The van der Waals surface area contributed by atoms with Crippen molar-refractivity contribution in [3.8, 4) is 0 Å². The second-order valence-electron chi connectivity index (χ2n) is 8.12. The highest BCUT2D eigenvalue weighted by molar-refractivity contribution is 5.95. The molecule has 9 N–H and O–H groups in total. The number of fused-ring (bicyclic) bond motifs is 1. The minimum Gasteiger partial charge on any atom is -0.481 e. The third kappa shape index (κ3) is 7.52. The fourth-order valence-corrected chi connectivity index (χ4v) is 3.33. The van der Waals surface area contributed by atoms with Gasteiger partial charge < -0.3 is 42.0 Å². The first-order valence-corrected chi connectivity index (χ1v) is 10.7. The van der Waals surface area contributed by atoms with Gasteiger partial charge in [0, 0.05) is 23.5 Å². The number of aliphatic hydroxyl groups is 1. The number of benzene rings is 1. The molecule has 190 valence electrons. The van der Waals surface area contributed by atoms with E-state index in [0.717, 1.165) is 10.9 Å². The third-order valence-electron chi connectivity index (χ3n) is 5.26. The number of rotatable bonds is 12. The molecule has 3 amide bonds. The molecule has 5 atom stereocenters. The number of hydrogen-bond acceptors (Lipinski definition) is 7. The van der Waals surface area contributed by atoms with E-state index in [4.69, 9.17) is 10.8 Å². The topological polar surface area (TPSA) is 224 Å². The van der Waals surface area contributed by atoms with Crippen molar-refractivity contribution in [1.29, 1.82) is 0 Å². The molecule has 0 saturated carbocycles. The van der Waals surface area contributed by atoms with Crippen molar-refractivity contribution in [2.24, 2.45) is 5.73 Å². The van der Waals surface area contributed by atoms with E-state index in [1.54, 1.807) is 18.3 Å². The van der Waals surface area contributed by atoms with Crippen LogP contribution in [-0.2, 0) is 30.4 Å². The van der Waals surface area contributed by atoms with Crippen LogP contribution in [0.25, 0.3) is 10.9 Å². The first-order chi connectivity index (χ1) is 16.4. The van der Waals surface area contributed by atoms with Crippen molar-refractivity contribution in [2.45, 2.75) is 57.0 Å². The Bertz CT molecular complexity index is 1100. The number of hydrogen-bond donors (Lipinski definition) is 8. The number of aromatic amines is 1. The standard InChI is InChI=1S/C22H29N5O8/c1-10(25-20(32)14(23)8-17(29)30)19(31)27-18(11(2)28)21(33)26-16(22(34)35)7-12-9-24-15-6-4-3-5-13(12)15/h3-6,9-11,14,16,18,24,28H,7-8,23H2,1-2H3,(H,25,32)(H,26,33)(H,27,31)(H,29,30)(H,34,35). The van der Waals surface area contributed by atoms with Crippen molar-refractivity contribution in [1.82, 2.24) is 20.9 Å². The van der Waals surface area contributed by atoms with E-state index in [0.29, 0.717) is 5.56 Å². The SMILES string of the molecule is CC(NC(=O)C(N)CC(=O)O)C(=O)NC(C(=O)NC(Cc1c[nH]c2ccccc12)C(=O)O)C(C)O. The molecule has 0 radical (unpaired) electrons. The molecule has 0 aliphatic rings. The number of aromatic nitrogens is 1. The molecule has 1 aromatic heterocycles. The monoisotopic (exact) mass is 491 g/mol. The number of carbonyl (C=O) groups excluding carboxylic acids is 3. The van der Waals surface area contributed by atoms with E-state index in [2.05, 4.69) is 20.9 Å².